The maximum atomic E-state index is 13.1. The summed E-state index contributed by atoms with van der Waals surface area (Å²) in [5.41, 5.74) is 5.05. The number of nitrogens with zero attached hydrogens (tertiary/aromatic N) is 3. The Morgan fingerprint density at radius 1 is 1.07 bits per heavy atom. The summed E-state index contributed by atoms with van der Waals surface area (Å²) in [4.78, 5) is 33.8. The number of halogens is 1. The molecule has 2 aliphatic rings. The van der Waals surface area contributed by atoms with E-state index in [0.717, 1.165) is 48.2 Å². The Labute approximate surface area is 248 Å². The fraction of sp³-hybridized carbons (Fsp3) is 0.355. The van der Waals surface area contributed by atoms with Crippen LogP contribution in [0.5, 0.6) is 5.88 Å². The van der Waals surface area contributed by atoms with Gasteiger partial charge in [-0.25, -0.2) is 9.97 Å². The molecule has 218 valence electrons. The van der Waals surface area contributed by atoms with Gasteiger partial charge in [0.2, 0.25) is 11.8 Å². The van der Waals surface area contributed by atoms with E-state index in [4.69, 9.17) is 26.1 Å². The highest BCUT2D eigenvalue weighted by molar-refractivity contribution is 6.36. The number of carbonyl (C=O) groups is 1. The Morgan fingerprint density at radius 2 is 1.88 bits per heavy atom. The first-order valence-electron chi connectivity index (χ1n) is 14.2. The molecule has 6 rings (SSSR count). The Balaban J connectivity index is 1.20. The number of nitrogens with one attached hydrogen (secondary N) is 3. The first-order chi connectivity index (χ1) is 20.5. The second kappa shape index (κ2) is 12.6. The van der Waals surface area contributed by atoms with Crippen molar-refractivity contribution < 1.29 is 14.3 Å². The van der Waals surface area contributed by atoms with Gasteiger partial charge in [0.05, 0.1) is 23.9 Å². The standard InChI is InChI=1S/C31H33ClN6O4/c1-41-30-20(14-33-17-22-6-8-28(39)36-22)5-7-26(37-30)25-4-2-3-24(29(25)32)19-9-11-38-27(13-19)35-16-21(31(38)40)15-34-18-23-10-12-42-23/h2-5,7,9,11,13,16,22-23,33-34H,6,8,10,12,14-15,17-18H2,1H3,(H,36,39)/t22-,23-/m0/s1. The molecule has 1 amide bonds. The minimum Gasteiger partial charge on any atom is -0.481 e. The van der Waals surface area contributed by atoms with Crippen LogP contribution in [0.3, 0.4) is 0 Å². The average molecular weight is 589 g/mol. The number of benzene rings is 1. The highest BCUT2D eigenvalue weighted by Gasteiger charge is 2.21. The van der Waals surface area contributed by atoms with E-state index in [0.29, 0.717) is 53.9 Å². The van der Waals surface area contributed by atoms with Gasteiger partial charge in [-0.3, -0.25) is 14.0 Å². The lowest BCUT2D eigenvalue weighted by atomic mass is 10.0. The second-order valence-electron chi connectivity index (χ2n) is 10.6. The highest BCUT2D eigenvalue weighted by atomic mass is 35.5. The second-order valence-corrected chi connectivity index (χ2v) is 11.0. The van der Waals surface area contributed by atoms with E-state index in [1.165, 1.54) is 0 Å². The smallest absolute Gasteiger partial charge is 0.262 e. The fourth-order valence-electron chi connectivity index (χ4n) is 5.31. The zero-order valence-electron chi connectivity index (χ0n) is 23.4. The topological polar surface area (TPSA) is 119 Å². The van der Waals surface area contributed by atoms with Gasteiger partial charge in [-0.05, 0) is 36.6 Å². The molecule has 2 aliphatic heterocycles. The maximum Gasteiger partial charge on any atom is 0.262 e. The van der Waals surface area contributed by atoms with Crippen molar-refractivity contribution in [2.45, 2.75) is 44.5 Å². The molecular weight excluding hydrogens is 556 g/mol. The van der Waals surface area contributed by atoms with Crippen LogP contribution < -0.4 is 26.2 Å². The Hall–Kier alpha value is -3.83. The number of ether oxygens (including phenoxy) is 2. The number of hydrogen-bond donors (Lipinski definition) is 3. The Morgan fingerprint density at radius 3 is 2.64 bits per heavy atom. The number of hydrogen-bond acceptors (Lipinski definition) is 8. The normalized spacial score (nSPS) is 18.2. The summed E-state index contributed by atoms with van der Waals surface area (Å²) in [6, 6.07) is 13.6. The van der Waals surface area contributed by atoms with Crippen LogP contribution >= 0.6 is 11.6 Å². The third-order valence-corrected chi connectivity index (χ3v) is 8.18. The molecule has 11 heteroatoms. The van der Waals surface area contributed by atoms with Crippen molar-refractivity contribution in [3.05, 3.63) is 81.4 Å². The number of aromatic nitrogens is 3. The molecule has 4 aromatic rings. The fourth-order valence-corrected chi connectivity index (χ4v) is 5.64. The Bertz CT molecular complexity index is 1670. The van der Waals surface area contributed by atoms with Crippen molar-refractivity contribution in [3.8, 4) is 28.3 Å². The van der Waals surface area contributed by atoms with Crippen molar-refractivity contribution in [1.29, 1.82) is 0 Å². The quantitative estimate of drug-likeness (QED) is 0.244. The van der Waals surface area contributed by atoms with Crippen molar-refractivity contribution in [1.82, 2.24) is 30.3 Å². The molecule has 42 heavy (non-hydrogen) atoms. The van der Waals surface area contributed by atoms with Crippen molar-refractivity contribution in [2.75, 3.05) is 26.8 Å². The zero-order valence-corrected chi connectivity index (χ0v) is 24.1. The van der Waals surface area contributed by atoms with E-state index in [2.05, 4.69) is 20.9 Å². The van der Waals surface area contributed by atoms with Gasteiger partial charge in [0, 0.05) is 79.9 Å². The molecule has 0 spiro atoms. The number of pyridine rings is 2. The van der Waals surface area contributed by atoms with Crippen LogP contribution in [0.1, 0.15) is 30.4 Å². The first kappa shape index (κ1) is 28.3. The van der Waals surface area contributed by atoms with Gasteiger partial charge in [0.1, 0.15) is 5.65 Å². The monoisotopic (exact) mass is 588 g/mol. The first-order valence-corrected chi connectivity index (χ1v) is 14.5. The predicted molar refractivity (Wildman–Crippen MR) is 161 cm³/mol. The van der Waals surface area contributed by atoms with Gasteiger partial charge in [-0.2, -0.15) is 0 Å². The lowest BCUT2D eigenvalue weighted by molar-refractivity contribution is -0.119. The van der Waals surface area contributed by atoms with Gasteiger partial charge in [0.25, 0.3) is 5.56 Å². The molecule has 0 saturated carbocycles. The molecule has 0 radical (unpaired) electrons. The van der Waals surface area contributed by atoms with E-state index < -0.39 is 0 Å². The minimum atomic E-state index is -0.104. The molecule has 5 heterocycles. The zero-order chi connectivity index (χ0) is 29.1. The summed E-state index contributed by atoms with van der Waals surface area (Å²) >= 11 is 6.95. The largest absolute Gasteiger partial charge is 0.481 e. The molecule has 3 aromatic heterocycles. The highest BCUT2D eigenvalue weighted by Crippen LogP contribution is 2.37. The number of methoxy groups -OCH3 is 1. The molecule has 0 unspecified atom stereocenters. The molecule has 3 N–H and O–H groups in total. The summed E-state index contributed by atoms with van der Waals surface area (Å²) < 4.78 is 12.6. The van der Waals surface area contributed by atoms with Crippen molar-refractivity contribution >= 4 is 23.2 Å². The molecule has 1 aromatic carbocycles. The SMILES string of the molecule is COc1nc(-c2cccc(-c3ccn4c(=O)c(CNC[C@@H]5CCO5)cnc4c3)c2Cl)ccc1CNC[C@@H]1CCC(=O)N1. The van der Waals surface area contributed by atoms with Crippen LogP contribution in [0.2, 0.25) is 5.02 Å². The van der Waals surface area contributed by atoms with E-state index in [1.54, 1.807) is 23.9 Å². The third kappa shape index (κ3) is 6.03. The van der Waals surface area contributed by atoms with E-state index >= 15 is 0 Å². The van der Waals surface area contributed by atoms with Crippen molar-refractivity contribution in [3.63, 3.8) is 0 Å². The maximum absolute atomic E-state index is 13.1. The molecular formula is C31H33ClN6O4. The van der Waals surface area contributed by atoms with Crippen molar-refractivity contribution in [2.24, 2.45) is 0 Å². The molecule has 2 saturated heterocycles. The van der Waals surface area contributed by atoms with Gasteiger partial charge < -0.3 is 25.4 Å². The summed E-state index contributed by atoms with van der Waals surface area (Å²) in [6.45, 7) is 3.21. The van der Waals surface area contributed by atoms with Gasteiger partial charge >= 0.3 is 0 Å². The van der Waals surface area contributed by atoms with Crippen LogP contribution in [-0.2, 0) is 22.6 Å². The lowest BCUT2D eigenvalue weighted by Gasteiger charge is -2.26. The Kier molecular flexibility index (Phi) is 8.48. The summed E-state index contributed by atoms with van der Waals surface area (Å²) in [6.07, 6.45) is 6.06. The molecule has 0 aliphatic carbocycles. The number of amides is 1. The van der Waals surface area contributed by atoms with Gasteiger partial charge in [0.15, 0.2) is 0 Å². The molecule has 10 nitrogen and oxygen atoms in total. The summed E-state index contributed by atoms with van der Waals surface area (Å²) in [5, 5.41) is 10.2. The molecule has 0 bridgehead atoms. The number of carbonyl (C=O) groups excluding carboxylic acids is 1. The van der Waals surface area contributed by atoms with Gasteiger partial charge in [-0.1, -0.05) is 35.9 Å². The third-order valence-electron chi connectivity index (χ3n) is 7.77. The van der Waals surface area contributed by atoms with Crippen LogP contribution in [0.15, 0.2) is 59.7 Å². The number of fused-ring (bicyclic) bond motifs is 1. The van der Waals surface area contributed by atoms with Crippen LogP contribution in [0, 0.1) is 0 Å². The van der Waals surface area contributed by atoms with Gasteiger partial charge in [-0.15, -0.1) is 0 Å². The predicted octanol–water partition coefficient (Wildman–Crippen LogP) is 3.33. The van der Waals surface area contributed by atoms with E-state index in [9.17, 15) is 9.59 Å². The summed E-state index contributed by atoms with van der Waals surface area (Å²) in [5.74, 6) is 0.614. The van der Waals surface area contributed by atoms with Crippen LogP contribution in [-0.4, -0.2) is 59.2 Å². The molecule has 2 fully saturated rings. The van der Waals surface area contributed by atoms with Crippen LogP contribution in [0.4, 0.5) is 0 Å². The summed E-state index contributed by atoms with van der Waals surface area (Å²) in [7, 11) is 1.60. The number of rotatable bonds is 11. The molecule has 2 atom stereocenters. The van der Waals surface area contributed by atoms with Crippen LogP contribution in [0.25, 0.3) is 28.0 Å². The minimum absolute atomic E-state index is 0.103. The average Bonchev–Trinajstić information content (AvgIpc) is 3.40. The lowest BCUT2D eigenvalue weighted by Crippen LogP contribution is -2.37. The van der Waals surface area contributed by atoms with E-state index in [-0.39, 0.29) is 23.6 Å². The van der Waals surface area contributed by atoms with E-state index in [1.807, 2.05) is 42.5 Å².